The van der Waals surface area contributed by atoms with Gasteiger partial charge in [0.15, 0.2) is 18.2 Å². The normalized spacial score (nSPS) is 19.3. The van der Waals surface area contributed by atoms with E-state index >= 15 is 0 Å². The second-order valence-electron chi connectivity index (χ2n) is 6.25. The maximum absolute atomic E-state index is 13.1. The molecule has 2 heterocycles. The summed E-state index contributed by atoms with van der Waals surface area (Å²) in [5.74, 6) is -2.71. The standard InChI is InChI=1S/C18H19F2N3O2S/c19-13-6-5-12(9-14(13)20)22-17(24)10-21-18(25)11-23-7-1-3-15(23)16-4-2-8-26-16/h2,4-6,8-9,15H,1,3,7,10-11H2,(H,21,25)(H,22,24)/p+1/t15-/m1/s1. The van der Waals surface area contributed by atoms with Gasteiger partial charge in [-0.05, 0) is 23.6 Å². The number of anilines is 1. The van der Waals surface area contributed by atoms with Crippen LogP contribution in [0.1, 0.15) is 23.8 Å². The van der Waals surface area contributed by atoms with E-state index in [-0.39, 0.29) is 18.1 Å². The van der Waals surface area contributed by atoms with Crippen molar-refractivity contribution in [3.05, 3.63) is 52.2 Å². The van der Waals surface area contributed by atoms with Crippen LogP contribution >= 0.6 is 11.3 Å². The van der Waals surface area contributed by atoms with Gasteiger partial charge in [0.1, 0.15) is 6.04 Å². The number of halogens is 2. The predicted octanol–water partition coefficient (Wildman–Crippen LogP) is 1.50. The highest BCUT2D eigenvalue weighted by atomic mass is 32.1. The van der Waals surface area contributed by atoms with Crippen molar-refractivity contribution in [1.29, 1.82) is 0 Å². The lowest BCUT2D eigenvalue weighted by Crippen LogP contribution is -3.11. The van der Waals surface area contributed by atoms with Crippen LogP contribution in [0.4, 0.5) is 14.5 Å². The van der Waals surface area contributed by atoms with E-state index in [1.807, 2.05) is 11.4 Å². The van der Waals surface area contributed by atoms with E-state index in [1.165, 1.54) is 15.8 Å². The Morgan fingerprint density at radius 3 is 2.77 bits per heavy atom. The second-order valence-corrected chi connectivity index (χ2v) is 7.23. The molecule has 0 aliphatic carbocycles. The molecule has 26 heavy (non-hydrogen) atoms. The summed E-state index contributed by atoms with van der Waals surface area (Å²) in [7, 11) is 0. The van der Waals surface area contributed by atoms with Gasteiger partial charge >= 0.3 is 0 Å². The molecule has 3 rings (SSSR count). The first kappa shape index (κ1) is 18.5. The number of rotatable bonds is 6. The number of thiophene rings is 1. The highest BCUT2D eigenvalue weighted by molar-refractivity contribution is 7.10. The van der Waals surface area contributed by atoms with E-state index < -0.39 is 17.5 Å². The number of nitrogens with one attached hydrogen (secondary N) is 3. The van der Waals surface area contributed by atoms with Crippen LogP contribution in [0, 0.1) is 11.6 Å². The van der Waals surface area contributed by atoms with Crippen molar-refractivity contribution in [3.8, 4) is 0 Å². The number of quaternary nitrogens is 1. The first-order valence-electron chi connectivity index (χ1n) is 8.42. The molecule has 1 aliphatic rings. The Morgan fingerprint density at radius 2 is 2.04 bits per heavy atom. The van der Waals surface area contributed by atoms with Crippen LogP contribution in [0.25, 0.3) is 0 Å². The van der Waals surface area contributed by atoms with Crippen molar-refractivity contribution < 1.29 is 23.3 Å². The van der Waals surface area contributed by atoms with Crippen LogP contribution in [0.3, 0.4) is 0 Å². The monoisotopic (exact) mass is 380 g/mol. The molecule has 2 atom stereocenters. The zero-order valence-corrected chi connectivity index (χ0v) is 14.9. The number of hydrogen-bond acceptors (Lipinski definition) is 3. The fourth-order valence-corrected chi connectivity index (χ4v) is 4.10. The predicted molar refractivity (Wildman–Crippen MR) is 95.0 cm³/mol. The summed E-state index contributed by atoms with van der Waals surface area (Å²) in [6, 6.07) is 7.53. The number of carbonyl (C=O) groups is 2. The minimum Gasteiger partial charge on any atom is -0.342 e. The van der Waals surface area contributed by atoms with Gasteiger partial charge in [-0.15, -0.1) is 11.3 Å². The minimum atomic E-state index is -1.04. The third-order valence-corrected chi connectivity index (χ3v) is 5.39. The second kappa shape index (κ2) is 8.37. The van der Waals surface area contributed by atoms with Gasteiger partial charge < -0.3 is 15.5 Å². The summed E-state index contributed by atoms with van der Waals surface area (Å²) in [4.78, 5) is 26.5. The lowest BCUT2D eigenvalue weighted by molar-refractivity contribution is -0.910. The molecular formula is C18H20F2N3O2S+. The van der Waals surface area contributed by atoms with Gasteiger partial charge in [-0.1, -0.05) is 6.07 Å². The fourth-order valence-electron chi connectivity index (χ4n) is 3.18. The Bertz CT molecular complexity index is 783. The quantitative estimate of drug-likeness (QED) is 0.711. The smallest absolute Gasteiger partial charge is 0.275 e. The summed E-state index contributed by atoms with van der Waals surface area (Å²) in [6.45, 7) is 1.02. The van der Waals surface area contributed by atoms with Gasteiger partial charge in [-0.2, -0.15) is 0 Å². The Balaban J connectivity index is 1.46. The van der Waals surface area contributed by atoms with Crippen molar-refractivity contribution in [2.75, 3.05) is 25.0 Å². The molecule has 0 bridgehead atoms. The third kappa shape index (κ3) is 4.64. The average molecular weight is 380 g/mol. The lowest BCUT2D eigenvalue weighted by atomic mass is 10.2. The summed E-state index contributed by atoms with van der Waals surface area (Å²) < 4.78 is 26.0. The Morgan fingerprint density at radius 1 is 1.19 bits per heavy atom. The van der Waals surface area contributed by atoms with Gasteiger partial charge in [-0.25, -0.2) is 8.78 Å². The van der Waals surface area contributed by atoms with Crippen molar-refractivity contribution in [3.63, 3.8) is 0 Å². The molecule has 1 unspecified atom stereocenters. The lowest BCUT2D eigenvalue weighted by Gasteiger charge is -2.20. The molecular weight excluding hydrogens is 360 g/mol. The van der Waals surface area contributed by atoms with Crippen molar-refractivity contribution >= 4 is 28.8 Å². The van der Waals surface area contributed by atoms with Crippen molar-refractivity contribution in [1.82, 2.24) is 5.32 Å². The third-order valence-electron chi connectivity index (χ3n) is 4.41. The van der Waals surface area contributed by atoms with Crippen molar-refractivity contribution in [2.45, 2.75) is 18.9 Å². The van der Waals surface area contributed by atoms with Gasteiger partial charge in [0.25, 0.3) is 5.91 Å². The largest absolute Gasteiger partial charge is 0.342 e. The van der Waals surface area contributed by atoms with Crippen LogP contribution in [0.15, 0.2) is 35.7 Å². The zero-order valence-electron chi connectivity index (χ0n) is 14.1. The Hall–Kier alpha value is -2.32. The molecule has 1 aromatic carbocycles. The van der Waals surface area contributed by atoms with E-state index in [2.05, 4.69) is 16.7 Å². The molecule has 0 radical (unpaired) electrons. The van der Waals surface area contributed by atoms with Gasteiger partial charge in [0, 0.05) is 24.6 Å². The topological polar surface area (TPSA) is 62.6 Å². The highest BCUT2D eigenvalue weighted by Gasteiger charge is 2.32. The minimum absolute atomic E-state index is 0.145. The van der Waals surface area contributed by atoms with Crippen LogP contribution in [-0.4, -0.2) is 31.4 Å². The number of benzene rings is 1. The van der Waals surface area contributed by atoms with E-state index in [0.717, 1.165) is 31.5 Å². The molecule has 1 aromatic heterocycles. The van der Waals surface area contributed by atoms with Crippen molar-refractivity contribution in [2.24, 2.45) is 0 Å². The molecule has 1 saturated heterocycles. The molecule has 0 spiro atoms. The Labute approximate surface area is 154 Å². The molecule has 138 valence electrons. The first-order chi connectivity index (χ1) is 12.5. The van der Waals surface area contributed by atoms with E-state index in [1.54, 1.807) is 11.3 Å². The average Bonchev–Trinajstić information content (AvgIpc) is 3.27. The SMILES string of the molecule is O=C(C[NH+]1CCC[C@@H]1c1cccs1)NCC(=O)Nc1ccc(F)c(F)c1. The molecule has 3 N–H and O–H groups in total. The molecule has 2 aromatic rings. The van der Waals surface area contributed by atoms with Gasteiger partial charge in [-0.3, -0.25) is 9.59 Å². The maximum Gasteiger partial charge on any atom is 0.275 e. The number of carbonyl (C=O) groups excluding carboxylic acids is 2. The number of hydrogen-bond donors (Lipinski definition) is 3. The summed E-state index contributed by atoms with van der Waals surface area (Å²) in [6.07, 6.45) is 2.13. The van der Waals surface area contributed by atoms with E-state index in [9.17, 15) is 18.4 Å². The summed E-state index contributed by atoms with van der Waals surface area (Å²) in [5, 5.41) is 7.05. The molecule has 1 aliphatic heterocycles. The molecule has 0 saturated carbocycles. The van der Waals surface area contributed by atoms with Crippen LogP contribution in [0.5, 0.6) is 0 Å². The van der Waals surface area contributed by atoms with E-state index in [0.29, 0.717) is 12.6 Å². The van der Waals surface area contributed by atoms with Gasteiger partial charge in [0.05, 0.1) is 18.0 Å². The summed E-state index contributed by atoms with van der Waals surface area (Å²) >= 11 is 1.70. The number of likely N-dealkylation sites (tertiary alicyclic amines) is 1. The first-order valence-corrected chi connectivity index (χ1v) is 9.30. The molecule has 1 fully saturated rings. The van der Waals surface area contributed by atoms with Crippen LogP contribution in [0.2, 0.25) is 0 Å². The maximum atomic E-state index is 13.1. The zero-order chi connectivity index (χ0) is 18.5. The van der Waals surface area contributed by atoms with Crippen LogP contribution in [-0.2, 0) is 9.59 Å². The molecule has 5 nitrogen and oxygen atoms in total. The van der Waals surface area contributed by atoms with E-state index in [4.69, 9.17) is 0 Å². The van der Waals surface area contributed by atoms with Crippen LogP contribution < -0.4 is 15.5 Å². The Kier molecular flexibility index (Phi) is 5.95. The summed E-state index contributed by atoms with van der Waals surface area (Å²) in [5.41, 5.74) is 0.145. The molecule has 8 heteroatoms. The van der Waals surface area contributed by atoms with Gasteiger partial charge in [0.2, 0.25) is 5.91 Å². The fraction of sp³-hybridized carbons (Fsp3) is 0.333. The highest BCUT2D eigenvalue weighted by Crippen LogP contribution is 2.23. The number of amides is 2. The molecule has 2 amide bonds.